The molecule has 0 bridgehead atoms. The number of benzene rings is 2. The molecule has 146 valence electrons. The first-order chi connectivity index (χ1) is 13.5. The zero-order valence-corrected chi connectivity index (χ0v) is 16.7. The van der Waals surface area contributed by atoms with Crippen LogP contribution in [-0.4, -0.2) is 34.1 Å². The van der Waals surface area contributed by atoms with Crippen LogP contribution in [0.4, 0.5) is 0 Å². The smallest absolute Gasteiger partial charge is 0.263 e. The number of carbonyl (C=O) groups is 1. The van der Waals surface area contributed by atoms with Gasteiger partial charge < -0.3 is 14.2 Å². The minimum Gasteiger partial charge on any atom is -0.481 e. The Bertz CT molecular complexity index is 951. The number of likely N-dealkylation sites (N-methyl/N-ethyl adjacent to an activating group) is 1. The first-order valence-corrected chi connectivity index (χ1v) is 9.34. The molecule has 6 nitrogen and oxygen atoms in total. The molecule has 0 aliphatic heterocycles. The van der Waals surface area contributed by atoms with Crippen molar-refractivity contribution >= 4 is 5.91 Å². The molecule has 0 aliphatic carbocycles. The maximum absolute atomic E-state index is 12.8. The normalized spacial score (nSPS) is 11.9. The van der Waals surface area contributed by atoms with Crippen molar-refractivity contribution < 1.29 is 14.1 Å². The fourth-order valence-corrected chi connectivity index (χ4v) is 2.91. The molecule has 28 heavy (non-hydrogen) atoms. The van der Waals surface area contributed by atoms with E-state index in [9.17, 15) is 4.79 Å². The van der Waals surface area contributed by atoms with E-state index >= 15 is 0 Å². The molecule has 6 heteroatoms. The highest BCUT2D eigenvalue weighted by atomic mass is 16.5. The van der Waals surface area contributed by atoms with Crippen LogP contribution in [0.1, 0.15) is 30.4 Å². The van der Waals surface area contributed by atoms with E-state index in [0.717, 1.165) is 16.7 Å². The van der Waals surface area contributed by atoms with Crippen LogP contribution in [0.2, 0.25) is 0 Å². The highest BCUT2D eigenvalue weighted by Crippen LogP contribution is 2.19. The van der Waals surface area contributed by atoms with Crippen LogP contribution in [0.15, 0.2) is 53.1 Å². The van der Waals surface area contributed by atoms with Gasteiger partial charge in [-0.25, -0.2) is 0 Å². The topological polar surface area (TPSA) is 68.5 Å². The van der Waals surface area contributed by atoms with Gasteiger partial charge in [-0.1, -0.05) is 48.0 Å². The summed E-state index contributed by atoms with van der Waals surface area (Å²) in [5.41, 5.74) is 3.09. The van der Waals surface area contributed by atoms with Crippen LogP contribution in [0.25, 0.3) is 11.4 Å². The summed E-state index contributed by atoms with van der Waals surface area (Å²) in [6.45, 7) is 6.15. The largest absolute Gasteiger partial charge is 0.481 e. The summed E-state index contributed by atoms with van der Waals surface area (Å²) >= 11 is 0. The van der Waals surface area contributed by atoms with Gasteiger partial charge in [0.05, 0.1) is 6.54 Å². The lowest BCUT2D eigenvalue weighted by Gasteiger charge is -2.22. The molecule has 0 N–H and O–H groups in total. The highest BCUT2D eigenvalue weighted by Gasteiger charge is 2.24. The number of rotatable bonds is 7. The van der Waals surface area contributed by atoms with Gasteiger partial charge in [0.15, 0.2) is 6.10 Å². The Morgan fingerprint density at radius 2 is 1.86 bits per heavy atom. The lowest BCUT2D eigenvalue weighted by Crippen LogP contribution is -2.39. The molecular formula is C22H25N3O3. The fourth-order valence-electron chi connectivity index (χ4n) is 2.91. The summed E-state index contributed by atoms with van der Waals surface area (Å²) < 4.78 is 11.2. The standard InChI is InChI=1S/C22H25N3O3/c1-5-19(27-18-11-7-9-16(3)13-18)22(26)25(4)14-20-23-21(24-28-20)17-10-6-8-15(2)12-17/h6-13,19H,5,14H2,1-4H3. The summed E-state index contributed by atoms with van der Waals surface area (Å²) in [6, 6.07) is 15.6. The molecule has 0 fully saturated rings. The van der Waals surface area contributed by atoms with E-state index in [4.69, 9.17) is 9.26 Å². The Kier molecular flexibility index (Phi) is 6.09. The van der Waals surface area contributed by atoms with E-state index in [1.165, 1.54) is 0 Å². The monoisotopic (exact) mass is 379 g/mol. The average molecular weight is 379 g/mol. The van der Waals surface area contributed by atoms with Crippen molar-refractivity contribution in [2.45, 2.75) is 39.8 Å². The van der Waals surface area contributed by atoms with Gasteiger partial charge in [0.2, 0.25) is 11.7 Å². The summed E-state index contributed by atoms with van der Waals surface area (Å²) in [6.07, 6.45) is 0.00105. The first-order valence-electron chi connectivity index (χ1n) is 9.34. The molecule has 0 saturated heterocycles. The second-order valence-electron chi connectivity index (χ2n) is 6.91. The maximum Gasteiger partial charge on any atom is 0.263 e. The van der Waals surface area contributed by atoms with Crippen LogP contribution in [-0.2, 0) is 11.3 Å². The summed E-state index contributed by atoms with van der Waals surface area (Å²) in [5.74, 6) is 1.47. The van der Waals surface area contributed by atoms with Gasteiger partial charge in [-0.15, -0.1) is 0 Å². The van der Waals surface area contributed by atoms with E-state index in [0.29, 0.717) is 23.9 Å². The van der Waals surface area contributed by atoms with Gasteiger partial charge in [-0.2, -0.15) is 4.98 Å². The van der Waals surface area contributed by atoms with Crippen LogP contribution < -0.4 is 4.74 Å². The number of nitrogens with zero attached hydrogens (tertiary/aromatic N) is 3. The number of hydrogen-bond acceptors (Lipinski definition) is 5. The summed E-state index contributed by atoms with van der Waals surface area (Å²) in [4.78, 5) is 18.8. The third-order valence-electron chi connectivity index (χ3n) is 4.41. The predicted molar refractivity (Wildman–Crippen MR) is 107 cm³/mol. The Hall–Kier alpha value is -3.15. The van der Waals surface area contributed by atoms with E-state index in [-0.39, 0.29) is 12.5 Å². The lowest BCUT2D eigenvalue weighted by atomic mass is 10.1. The molecule has 0 saturated carbocycles. The molecule has 1 aromatic heterocycles. The Labute approximate surface area is 165 Å². The predicted octanol–water partition coefficient (Wildman–Crippen LogP) is 4.17. The van der Waals surface area contributed by atoms with Crippen molar-refractivity contribution in [3.05, 3.63) is 65.5 Å². The van der Waals surface area contributed by atoms with Crippen molar-refractivity contribution in [3.8, 4) is 17.1 Å². The molecule has 1 atom stereocenters. The average Bonchev–Trinajstić information content (AvgIpc) is 3.14. The first kappa shape index (κ1) is 19.6. The second-order valence-corrected chi connectivity index (χ2v) is 6.91. The lowest BCUT2D eigenvalue weighted by molar-refractivity contribution is -0.138. The van der Waals surface area contributed by atoms with Crippen molar-refractivity contribution in [1.82, 2.24) is 15.0 Å². The van der Waals surface area contributed by atoms with Crippen molar-refractivity contribution in [2.75, 3.05) is 7.05 Å². The second kappa shape index (κ2) is 8.69. The van der Waals surface area contributed by atoms with Crippen molar-refractivity contribution in [1.29, 1.82) is 0 Å². The Balaban J connectivity index is 1.66. The van der Waals surface area contributed by atoms with Gasteiger partial charge in [0.1, 0.15) is 5.75 Å². The molecule has 0 spiro atoms. The van der Waals surface area contributed by atoms with Gasteiger partial charge in [-0.05, 0) is 44.0 Å². The van der Waals surface area contributed by atoms with Gasteiger partial charge >= 0.3 is 0 Å². The van der Waals surface area contributed by atoms with Gasteiger partial charge in [0.25, 0.3) is 5.91 Å². The third-order valence-corrected chi connectivity index (χ3v) is 4.41. The number of aromatic nitrogens is 2. The number of carbonyl (C=O) groups excluding carboxylic acids is 1. The van der Waals surface area contributed by atoms with Crippen LogP contribution >= 0.6 is 0 Å². The highest BCUT2D eigenvalue weighted by molar-refractivity contribution is 5.81. The Morgan fingerprint density at radius 3 is 2.54 bits per heavy atom. The minimum atomic E-state index is -0.564. The zero-order chi connectivity index (χ0) is 20.1. The van der Waals surface area contributed by atoms with E-state index in [1.54, 1.807) is 11.9 Å². The molecule has 1 heterocycles. The number of ether oxygens (including phenoxy) is 1. The molecule has 0 aliphatic rings. The van der Waals surface area contributed by atoms with Gasteiger partial charge in [0, 0.05) is 12.6 Å². The molecular weight excluding hydrogens is 354 g/mol. The van der Waals surface area contributed by atoms with Crippen molar-refractivity contribution in [3.63, 3.8) is 0 Å². The van der Waals surface area contributed by atoms with E-state index in [2.05, 4.69) is 10.1 Å². The molecule has 1 unspecified atom stereocenters. The zero-order valence-electron chi connectivity index (χ0n) is 16.7. The van der Waals surface area contributed by atoms with Crippen molar-refractivity contribution in [2.24, 2.45) is 0 Å². The van der Waals surface area contributed by atoms with Crippen LogP contribution in [0, 0.1) is 13.8 Å². The fraction of sp³-hybridized carbons (Fsp3) is 0.318. The molecule has 3 rings (SSSR count). The number of aryl methyl sites for hydroxylation is 2. The molecule has 0 radical (unpaired) electrons. The van der Waals surface area contributed by atoms with Crippen LogP contribution in [0.5, 0.6) is 5.75 Å². The summed E-state index contributed by atoms with van der Waals surface area (Å²) in [5, 5.41) is 4.03. The number of amides is 1. The van der Waals surface area contributed by atoms with E-state index < -0.39 is 6.10 Å². The molecule has 3 aromatic rings. The minimum absolute atomic E-state index is 0.126. The quantitative estimate of drug-likeness (QED) is 0.616. The van der Waals surface area contributed by atoms with Crippen LogP contribution in [0.3, 0.4) is 0 Å². The molecule has 1 amide bonds. The summed E-state index contributed by atoms with van der Waals surface area (Å²) in [7, 11) is 1.71. The maximum atomic E-state index is 12.8. The van der Waals surface area contributed by atoms with Gasteiger partial charge in [-0.3, -0.25) is 4.79 Å². The van der Waals surface area contributed by atoms with E-state index in [1.807, 2.05) is 69.3 Å². The molecule has 2 aromatic carbocycles. The Morgan fingerprint density at radius 1 is 1.14 bits per heavy atom. The third kappa shape index (κ3) is 4.76. The number of hydrogen-bond donors (Lipinski definition) is 0. The SMILES string of the molecule is CCC(Oc1cccc(C)c1)C(=O)N(C)Cc1nc(-c2cccc(C)c2)no1.